The first-order valence-corrected chi connectivity index (χ1v) is 6.92. The summed E-state index contributed by atoms with van der Waals surface area (Å²) in [5, 5.41) is 11.9. The van der Waals surface area contributed by atoms with Crippen molar-refractivity contribution in [2.45, 2.75) is 12.8 Å². The van der Waals surface area contributed by atoms with Crippen molar-refractivity contribution in [3.05, 3.63) is 29.6 Å². The van der Waals surface area contributed by atoms with Crippen LogP contribution in [0, 0.1) is 11.2 Å². The maximum Gasteiger partial charge on any atom is 0.311 e. The number of hydrogen-bond acceptors (Lipinski definition) is 4. The molecular weight excluding hydrogens is 293 g/mol. The van der Waals surface area contributed by atoms with Crippen LogP contribution in [0.15, 0.2) is 18.2 Å². The minimum Gasteiger partial charge on any atom is -0.494 e. The maximum atomic E-state index is 14.0. The van der Waals surface area contributed by atoms with Gasteiger partial charge in [0.1, 0.15) is 0 Å². The highest BCUT2D eigenvalue weighted by Crippen LogP contribution is 2.30. The van der Waals surface area contributed by atoms with E-state index in [1.807, 2.05) is 0 Å². The Kier molecular flexibility index (Phi) is 4.97. The summed E-state index contributed by atoms with van der Waals surface area (Å²) in [7, 11) is 1.31. The molecule has 1 saturated heterocycles. The fraction of sp³-hybridized carbons (Fsp3) is 0.467. The van der Waals surface area contributed by atoms with Crippen molar-refractivity contribution in [1.29, 1.82) is 0 Å². The van der Waals surface area contributed by atoms with Gasteiger partial charge in [0.2, 0.25) is 0 Å². The van der Waals surface area contributed by atoms with E-state index in [9.17, 15) is 19.1 Å². The molecule has 1 aliphatic heterocycles. The van der Waals surface area contributed by atoms with Crippen molar-refractivity contribution < 1.29 is 28.6 Å². The lowest BCUT2D eigenvalue weighted by Gasteiger charge is -2.33. The number of rotatable bonds is 5. The van der Waals surface area contributed by atoms with Gasteiger partial charge >= 0.3 is 5.97 Å². The third-order valence-corrected chi connectivity index (χ3v) is 3.92. The minimum absolute atomic E-state index is 0.0355. The molecule has 1 fully saturated rings. The van der Waals surface area contributed by atoms with Gasteiger partial charge in [-0.1, -0.05) is 6.07 Å². The lowest BCUT2D eigenvalue weighted by atomic mass is 9.80. The van der Waals surface area contributed by atoms with Gasteiger partial charge < -0.3 is 19.9 Å². The zero-order valence-electron chi connectivity index (χ0n) is 12.2. The molecule has 0 radical (unpaired) electrons. The molecule has 22 heavy (non-hydrogen) atoms. The van der Waals surface area contributed by atoms with E-state index >= 15 is 0 Å². The van der Waals surface area contributed by atoms with E-state index in [-0.39, 0.29) is 17.9 Å². The summed E-state index contributed by atoms with van der Waals surface area (Å²) in [5.74, 6) is -2.45. The first-order chi connectivity index (χ1) is 10.5. The van der Waals surface area contributed by atoms with E-state index in [2.05, 4.69) is 5.32 Å². The van der Waals surface area contributed by atoms with Gasteiger partial charge in [-0.15, -0.1) is 0 Å². The number of ether oxygens (including phenoxy) is 2. The fourth-order valence-corrected chi connectivity index (χ4v) is 2.42. The Morgan fingerprint density at radius 3 is 2.68 bits per heavy atom. The summed E-state index contributed by atoms with van der Waals surface area (Å²) in [4.78, 5) is 23.6. The molecule has 2 N–H and O–H groups in total. The van der Waals surface area contributed by atoms with Crippen molar-refractivity contribution >= 4 is 11.9 Å². The van der Waals surface area contributed by atoms with Crippen LogP contribution in [0.5, 0.6) is 5.75 Å². The molecule has 0 spiro atoms. The molecule has 1 aromatic carbocycles. The molecule has 2 rings (SSSR count). The van der Waals surface area contributed by atoms with E-state index in [0.717, 1.165) is 0 Å². The molecule has 7 heteroatoms. The van der Waals surface area contributed by atoms with E-state index in [0.29, 0.717) is 26.1 Å². The summed E-state index contributed by atoms with van der Waals surface area (Å²) in [6.07, 6.45) is 0.617. The smallest absolute Gasteiger partial charge is 0.311 e. The van der Waals surface area contributed by atoms with Gasteiger partial charge in [-0.2, -0.15) is 0 Å². The van der Waals surface area contributed by atoms with Gasteiger partial charge in [0.15, 0.2) is 11.6 Å². The second-order valence-electron chi connectivity index (χ2n) is 5.20. The average molecular weight is 311 g/mol. The Morgan fingerprint density at radius 1 is 1.41 bits per heavy atom. The van der Waals surface area contributed by atoms with Crippen LogP contribution in [-0.4, -0.2) is 43.9 Å². The number of amides is 1. The number of carbonyl (C=O) groups is 2. The van der Waals surface area contributed by atoms with Gasteiger partial charge in [0.25, 0.3) is 5.91 Å². The molecule has 0 aromatic heterocycles. The molecule has 0 saturated carbocycles. The molecule has 6 nitrogen and oxygen atoms in total. The van der Waals surface area contributed by atoms with Crippen LogP contribution in [0.2, 0.25) is 0 Å². The number of carbonyl (C=O) groups excluding carboxylic acids is 1. The summed E-state index contributed by atoms with van der Waals surface area (Å²) in [6, 6.07) is 4.23. The van der Waals surface area contributed by atoms with Gasteiger partial charge in [0.05, 0.1) is 18.1 Å². The monoisotopic (exact) mass is 311 g/mol. The predicted octanol–water partition coefficient (Wildman–Crippen LogP) is 1.45. The summed E-state index contributed by atoms with van der Waals surface area (Å²) in [5.41, 5.74) is -1.24. The van der Waals surface area contributed by atoms with E-state index in [1.165, 1.54) is 25.3 Å². The molecule has 0 aliphatic carbocycles. The summed E-state index contributed by atoms with van der Waals surface area (Å²) in [6.45, 7) is 0.590. The average Bonchev–Trinajstić information content (AvgIpc) is 2.53. The van der Waals surface area contributed by atoms with Crippen molar-refractivity contribution in [1.82, 2.24) is 5.32 Å². The molecule has 1 aliphatic rings. The zero-order valence-corrected chi connectivity index (χ0v) is 12.2. The number of methoxy groups -OCH3 is 1. The highest BCUT2D eigenvalue weighted by molar-refractivity contribution is 5.95. The largest absolute Gasteiger partial charge is 0.494 e. The minimum atomic E-state index is -1.07. The number of aliphatic carboxylic acids is 1. The topological polar surface area (TPSA) is 84.9 Å². The van der Waals surface area contributed by atoms with E-state index in [4.69, 9.17) is 9.47 Å². The van der Waals surface area contributed by atoms with Crippen LogP contribution < -0.4 is 10.1 Å². The lowest BCUT2D eigenvalue weighted by Crippen LogP contribution is -2.46. The molecular formula is C15H18FNO5. The van der Waals surface area contributed by atoms with Crippen LogP contribution in [0.1, 0.15) is 23.2 Å². The first-order valence-electron chi connectivity index (χ1n) is 6.92. The fourth-order valence-electron chi connectivity index (χ4n) is 2.42. The predicted molar refractivity (Wildman–Crippen MR) is 75.4 cm³/mol. The third-order valence-electron chi connectivity index (χ3n) is 3.92. The van der Waals surface area contributed by atoms with Crippen molar-refractivity contribution in [3.63, 3.8) is 0 Å². The second-order valence-corrected chi connectivity index (χ2v) is 5.20. The van der Waals surface area contributed by atoms with E-state index in [1.54, 1.807) is 0 Å². The molecule has 1 heterocycles. The van der Waals surface area contributed by atoms with Gasteiger partial charge in [0, 0.05) is 19.8 Å². The van der Waals surface area contributed by atoms with Crippen LogP contribution in [0.3, 0.4) is 0 Å². The highest BCUT2D eigenvalue weighted by atomic mass is 19.1. The molecule has 0 atom stereocenters. The Labute approximate surface area is 127 Å². The number of benzene rings is 1. The van der Waals surface area contributed by atoms with Crippen LogP contribution >= 0.6 is 0 Å². The van der Waals surface area contributed by atoms with Crippen molar-refractivity contribution in [3.8, 4) is 5.75 Å². The SMILES string of the molecule is COc1cccc(C(=O)NCC2(C(=O)O)CCOCC2)c1F. The van der Waals surface area contributed by atoms with Crippen molar-refractivity contribution in [2.75, 3.05) is 26.9 Å². The highest BCUT2D eigenvalue weighted by Gasteiger charge is 2.40. The number of nitrogens with one attached hydrogen (secondary N) is 1. The van der Waals surface area contributed by atoms with Crippen LogP contribution in [0.4, 0.5) is 4.39 Å². The number of carboxylic acid groups (broad SMARTS) is 1. The molecule has 0 bridgehead atoms. The van der Waals surface area contributed by atoms with Gasteiger partial charge in [-0.25, -0.2) is 4.39 Å². The molecule has 1 amide bonds. The lowest BCUT2D eigenvalue weighted by molar-refractivity contribution is -0.154. The van der Waals surface area contributed by atoms with Crippen LogP contribution in [0.25, 0.3) is 0 Å². The Hall–Kier alpha value is -2.15. The van der Waals surface area contributed by atoms with Crippen molar-refractivity contribution in [2.24, 2.45) is 5.41 Å². The summed E-state index contributed by atoms with van der Waals surface area (Å²) >= 11 is 0. The Balaban J connectivity index is 2.10. The number of carboxylic acids is 1. The van der Waals surface area contributed by atoms with Gasteiger partial charge in [-0.05, 0) is 25.0 Å². The molecule has 120 valence electrons. The number of hydrogen-bond donors (Lipinski definition) is 2. The zero-order chi connectivity index (χ0) is 16.2. The number of halogens is 1. The standard InChI is InChI=1S/C15H18FNO5/c1-21-11-4-2-3-10(12(11)16)13(18)17-9-15(14(19)20)5-7-22-8-6-15/h2-4H,5-9H2,1H3,(H,17,18)(H,19,20). The maximum absolute atomic E-state index is 14.0. The van der Waals surface area contributed by atoms with Crippen LogP contribution in [-0.2, 0) is 9.53 Å². The molecule has 0 unspecified atom stereocenters. The Bertz CT molecular complexity index is 569. The van der Waals surface area contributed by atoms with E-state index < -0.39 is 23.1 Å². The summed E-state index contributed by atoms with van der Waals surface area (Å²) < 4.78 is 24.0. The normalized spacial score (nSPS) is 16.8. The second kappa shape index (κ2) is 6.74. The quantitative estimate of drug-likeness (QED) is 0.859. The Morgan fingerprint density at radius 2 is 2.09 bits per heavy atom. The first kappa shape index (κ1) is 16.2. The molecule has 1 aromatic rings. The van der Waals surface area contributed by atoms with Gasteiger partial charge in [-0.3, -0.25) is 9.59 Å². The third kappa shape index (κ3) is 3.19.